The number of ether oxygens (including phenoxy) is 2. The number of nitrogens with zero attached hydrogens (tertiary/aromatic N) is 1. The number of benzene rings is 1. The van der Waals surface area contributed by atoms with E-state index in [-0.39, 0.29) is 11.3 Å². The number of alkyl halides is 3. The predicted octanol–water partition coefficient (Wildman–Crippen LogP) is 6.81. The number of aromatic nitrogens is 1. The Labute approximate surface area is 210 Å². The smallest absolute Gasteiger partial charge is 0.388 e. The number of hydrogen-bond donors (Lipinski definition) is 1. The summed E-state index contributed by atoms with van der Waals surface area (Å²) in [4.78, 5) is 5.20. The molecule has 6 rings (SSSR count). The minimum Gasteiger partial charge on any atom is -0.388 e. The van der Waals surface area contributed by atoms with Gasteiger partial charge in [0.25, 0.3) is 0 Å². The zero-order valence-electron chi connectivity index (χ0n) is 21.2. The van der Waals surface area contributed by atoms with Crippen molar-refractivity contribution in [2.75, 3.05) is 13.2 Å². The standard InChI is InChI=1S/C29H34F3NO3/c1-16(2)25-23-24(22-20(33-25)14-27(7-4-8-27)15-21(22)34)28(9-11-35-12-10-28)36-26(23)19-6-5-18(13-17(19)3)29(30,31)32/h5-6,13,16,21,26,34H,4,7-12,14-15H2,1-3H3/t21?,26-/m1/s1. The van der Waals surface area contributed by atoms with Crippen LogP contribution in [0.1, 0.15) is 115 Å². The highest BCUT2D eigenvalue weighted by molar-refractivity contribution is 5.55. The van der Waals surface area contributed by atoms with Crippen LogP contribution >= 0.6 is 0 Å². The van der Waals surface area contributed by atoms with Gasteiger partial charge < -0.3 is 14.6 Å². The van der Waals surface area contributed by atoms with E-state index >= 15 is 0 Å². The third-order valence-electron chi connectivity index (χ3n) is 9.09. The summed E-state index contributed by atoms with van der Waals surface area (Å²) in [6, 6.07) is 3.92. The molecule has 1 aromatic carbocycles. The molecule has 4 aliphatic rings. The number of hydrogen-bond acceptors (Lipinski definition) is 4. The van der Waals surface area contributed by atoms with Crippen LogP contribution in [0.15, 0.2) is 18.2 Å². The van der Waals surface area contributed by atoms with Gasteiger partial charge in [-0.3, -0.25) is 4.98 Å². The van der Waals surface area contributed by atoms with E-state index in [0.717, 1.165) is 65.4 Å². The van der Waals surface area contributed by atoms with E-state index in [9.17, 15) is 18.3 Å². The van der Waals surface area contributed by atoms with Crippen LogP contribution < -0.4 is 0 Å². The van der Waals surface area contributed by atoms with Crippen molar-refractivity contribution in [3.05, 3.63) is 63.0 Å². The fourth-order valence-corrected chi connectivity index (χ4v) is 7.15. The monoisotopic (exact) mass is 501 g/mol. The first-order valence-corrected chi connectivity index (χ1v) is 13.2. The Morgan fingerprint density at radius 1 is 1.08 bits per heavy atom. The summed E-state index contributed by atoms with van der Waals surface area (Å²) in [6.07, 6.45) is 0.854. The summed E-state index contributed by atoms with van der Waals surface area (Å²) < 4.78 is 52.9. The zero-order valence-corrected chi connectivity index (χ0v) is 21.2. The minimum atomic E-state index is -4.40. The molecule has 4 nitrogen and oxygen atoms in total. The Balaban J connectivity index is 1.57. The van der Waals surface area contributed by atoms with Crippen LogP contribution in [0.2, 0.25) is 0 Å². The summed E-state index contributed by atoms with van der Waals surface area (Å²) in [7, 11) is 0. The van der Waals surface area contributed by atoms with Crippen LogP contribution in [-0.2, 0) is 27.7 Å². The molecule has 2 aromatic rings. The first-order chi connectivity index (χ1) is 17.0. The summed E-state index contributed by atoms with van der Waals surface area (Å²) in [5.41, 5.74) is 5.00. The van der Waals surface area contributed by atoms with Crippen molar-refractivity contribution in [2.45, 2.75) is 95.6 Å². The fraction of sp³-hybridized carbons (Fsp3) is 0.621. The van der Waals surface area contributed by atoms with Gasteiger partial charge in [-0.25, -0.2) is 0 Å². The van der Waals surface area contributed by atoms with Gasteiger partial charge in [0, 0.05) is 48.6 Å². The number of aryl methyl sites for hydroxylation is 1. The molecular weight excluding hydrogens is 467 g/mol. The fourth-order valence-electron chi connectivity index (χ4n) is 7.15. The van der Waals surface area contributed by atoms with Crippen LogP contribution in [0.5, 0.6) is 0 Å². The lowest BCUT2D eigenvalue weighted by Gasteiger charge is -2.48. The van der Waals surface area contributed by atoms with E-state index in [1.54, 1.807) is 13.0 Å². The van der Waals surface area contributed by atoms with Crippen molar-refractivity contribution < 1.29 is 27.8 Å². The van der Waals surface area contributed by atoms with E-state index in [0.29, 0.717) is 31.6 Å². The molecular formula is C29H34F3NO3. The van der Waals surface area contributed by atoms with Crippen LogP contribution in [-0.4, -0.2) is 23.3 Å². The van der Waals surface area contributed by atoms with Gasteiger partial charge in [-0.05, 0) is 72.8 Å². The summed E-state index contributed by atoms with van der Waals surface area (Å²) in [5.74, 6) is 0.108. The summed E-state index contributed by atoms with van der Waals surface area (Å²) in [6.45, 7) is 7.04. The normalized spacial score (nSPS) is 26.2. The highest BCUT2D eigenvalue weighted by Gasteiger charge is 2.54. The topological polar surface area (TPSA) is 51.6 Å². The molecule has 2 aliphatic heterocycles. The van der Waals surface area contributed by atoms with Crippen LogP contribution in [0.3, 0.4) is 0 Å². The Hall–Kier alpha value is -1.96. The predicted molar refractivity (Wildman–Crippen MR) is 129 cm³/mol. The van der Waals surface area contributed by atoms with E-state index in [1.165, 1.54) is 12.5 Å². The third-order valence-corrected chi connectivity index (χ3v) is 9.09. The molecule has 1 saturated carbocycles. The van der Waals surface area contributed by atoms with Gasteiger partial charge in [0.1, 0.15) is 6.10 Å². The SMILES string of the molecule is Cc1cc(C(F)(F)F)ccc1[C@H]1OC2(CCOCC2)c2c3c(nc(C(C)C)c21)CC1(CCC1)CC3O. The molecule has 1 N–H and O–H groups in total. The highest BCUT2D eigenvalue weighted by atomic mass is 19.4. The number of rotatable bonds is 2. The molecule has 3 heterocycles. The van der Waals surface area contributed by atoms with Crippen LogP contribution in [0.4, 0.5) is 13.2 Å². The van der Waals surface area contributed by atoms with E-state index in [1.807, 2.05) is 0 Å². The number of halogens is 3. The van der Waals surface area contributed by atoms with Crippen molar-refractivity contribution >= 4 is 0 Å². The number of pyridine rings is 1. The molecule has 2 spiro atoms. The average Bonchev–Trinajstić information content (AvgIpc) is 3.10. The van der Waals surface area contributed by atoms with Crippen molar-refractivity contribution in [1.82, 2.24) is 4.98 Å². The molecule has 1 saturated heterocycles. The van der Waals surface area contributed by atoms with Gasteiger partial charge in [0.2, 0.25) is 0 Å². The lowest BCUT2D eigenvalue weighted by molar-refractivity contribution is -0.137. The van der Waals surface area contributed by atoms with Crippen LogP contribution in [0, 0.1) is 12.3 Å². The molecule has 0 radical (unpaired) electrons. The lowest BCUT2D eigenvalue weighted by atomic mass is 9.58. The van der Waals surface area contributed by atoms with Gasteiger partial charge in [-0.15, -0.1) is 0 Å². The van der Waals surface area contributed by atoms with Crippen molar-refractivity contribution in [3.8, 4) is 0 Å². The van der Waals surface area contributed by atoms with Crippen molar-refractivity contribution in [2.24, 2.45) is 5.41 Å². The molecule has 2 fully saturated rings. The molecule has 194 valence electrons. The molecule has 0 bridgehead atoms. The largest absolute Gasteiger partial charge is 0.416 e. The molecule has 7 heteroatoms. The zero-order chi connectivity index (χ0) is 25.5. The second-order valence-corrected chi connectivity index (χ2v) is 11.7. The van der Waals surface area contributed by atoms with E-state index < -0.39 is 29.5 Å². The summed E-state index contributed by atoms with van der Waals surface area (Å²) in [5, 5.41) is 11.6. The first-order valence-electron chi connectivity index (χ1n) is 13.2. The second-order valence-electron chi connectivity index (χ2n) is 11.7. The molecule has 36 heavy (non-hydrogen) atoms. The Morgan fingerprint density at radius 2 is 1.81 bits per heavy atom. The first kappa shape index (κ1) is 24.4. The van der Waals surface area contributed by atoms with Gasteiger partial charge in [0.05, 0.1) is 17.3 Å². The number of aliphatic hydroxyl groups excluding tert-OH is 1. The van der Waals surface area contributed by atoms with Crippen LogP contribution in [0.25, 0.3) is 0 Å². The molecule has 2 aliphatic carbocycles. The maximum Gasteiger partial charge on any atom is 0.416 e. The quantitative estimate of drug-likeness (QED) is 0.491. The Kier molecular flexibility index (Phi) is 5.60. The van der Waals surface area contributed by atoms with Gasteiger partial charge >= 0.3 is 6.18 Å². The molecule has 1 aromatic heterocycles. The highest BCUT2D eigenvalue weighted by Crippen LogP contribution is 2.60. The number of aliphatic hydroxyl groups is 1. The average molecular weight is 502 g/mol. The van der Waals surface area contributed by atoms with Crippen molar-refractivity contribution in [3.63, 3.8) is 0 Å². The minimum absolute atomic E-state index is 0.108. The molecule has 0 amide bonds. The lowest BCUT2D eigenvalue weighted by Crippen LogP contribution is -2.40. The van der Waals surface area contributed by atoms with E-state index in [4.69, 9.17) is 14.5 Å². The summed E-state index contributed by atoms with van der Waals surface area (Å²) >= 11 is 0. The molecule has 1 unspecified atom stereocenters. The van der Waals surface area contributed by atoms with Gasteiger partial charge in [0.15, 0.2) is 0 Å². The van der Waals surface area contributed by atoms with Gasteiger partial charge in [-0.1, -0.05) is 26.3 Å². The van der Waals surface area contributed by atoms with E-state index in [2.05, 4.69) is 13.8 Å². The number of fused-ring (bicyclic) bond motifs is 4. The maximum absolute atomic E-state index is 13.4. The molecule has 2 atom stereocenters. The second kappa shape index (κ2) is 8.27. The maximum atomic E-state index is 13.4. The van der Waals surface area contributed by atoms with Crippen molar-refractivity contribution in [1.29, 1.82) is 0 Å². The Bertz CT molecular complexity index is 1200. The Morgan fingerprint density at radius 3 is 2.39 bits per heavy atom. The van der Waals surface area contributed by atoms with Gasteiger partial charge in [-0.2, -0.15) is 13.2 Å². The third kappa shape index (κ3) is 3.64.